The maximum Gasteiger partial charge on any atom is 0.170 e. The van der Waals surface area contributed by atoms with Gasteiger partial charge in [-0.3, -0.25) is 9.48 Å². The van der Waals surface area contributed by atoms with E-state index in [2.05, 4.69) is 18.1 Å². The summed E-state index contributed by atoms with van der Waals surface area (Å²) in [6.07, 6.45) is 3.12. The van der Waals surface area contributed by atoms with Crippen LogP contribution in [0.15, 0.2) is 24.3 Å². The molecule has 2 aromatic rings. The van der Waals surface area contributed by atoms with Crippen molar-refractivity contribution < 1.29 is 9.53 Å². The van der Waals surface area contributed by atoms with Crippen LogP contribution in [0.1, 0.15) is 31.9 Å². The van der Waals surface area contributed by atoms with Crippen LogP contribution in [0, 0.1) is 0 Å². The predicted molar refractivity (Wildman–Crippen MR) is 77.7 cm³/mol. The summed E-state index contributed by atoms with van der Waals surface area (Å²) >= 11 is 0. The number of aromatic nitrogens is 2. The van der Waals surface area contributed by atoms with Crippen molar-refractivity contribution in [3.8, 4) is 0 Å². The SMILES string of the molecule is CCn1nc(CC(=O)C2(OC)CCC2)c2ccccc21. The molecule has 0 aliphatic heterocycles. The second kappa shape index (κ2) is 5.02. The van der Waals surface area contributed by atoms with E-state index in [1.54, 1.807) is 7.11 Å². The zero-order valence-corrected chi connectivity index (χ0v) is 12.1. The number of carbonyl (C=O) groups excluding carboxylic acids is 1. The summed E-state index contributed by atoms with van der Waals surface area (Å²) in [6, 6.07) is 8.09. The van der Waals surface area contributed by atoms with Gasteiger partial charge in [0.05, 0.1) is 17.6 Å². The molecule has 0 unspecified atom stereocenters. The first-order chi connectivity index (χ1) is 9.70. The van der Waals surface area contributed by atoms with Gasteiger partial charge in [0.25, 0.3) is 0 Å². The number of ketones is 1. The summed E-state index contributed by atoms with van der Waals surface area (Å²) in [5.74, 6) is 0.165. The van der Waals surface area contributed by atoms with Crippen molar-refractivity contribution in [3.63, 3.8) is 0 Å². The summed E-state index contributed by atoms with van der Waals surface area (Å²) in [5, 5.41) is 5.67. The minimum absolute atomic E-state index is 0.165. The van der Waals surface area contributed by atoms with E-state index in [1.165, 1.54) is 0 Å². The second-order valence-corrected chi connectivity index (χ2v) is 5.43. The van der Waals surface area contributed by atoms with Crippen LogP contribution in [-0.2, 0) is 22.5 Å². The average molecular weight is 272 g/mol. The highest BCUT2D eigenvalue weighted by atomic mass is 16.5. The Morgan fingerprint density at radius 1 is 1.40 bits per heavy atom. The Balaban J connectivity index is 1.93. The minimum atomic E-state index is -0.545. The molecule has 0 saturated heterocycles. The third kappa shape index (κ3) is 1.95. The first-order valence-corrected chi connectivity index (χ1v) is 7.23. The third-order valence-electron chi connectivity index (χ3n) is 4.42. The highest BCUT2D eigenvalue weighted by molar-refractivity contribution is 5.93. The molecular weight excluding hydrogens is 252 g/mol. The zero-order chi connectivity index (χ0) is 14.2. The molecule has 0 atom stereocenters. The molecule has 1 aliphatic carbocycles. The van der Waals surface area contributed by atoms with Crippen molar-refractivity contribution in [2.45, 2.75) is 44.8 Å². The van der Waals surface area contributed by atoms with Crippen molar-refractivity contribution in [1.82, 2.24) is 9.78 Å². The van der Waals surface area contributed by atoms with Crippen LogP contribution in [0.5, 0.6) is 0 Å². The Morgan fingerprint density at radius 2 is 2.15 bits per heavy atom. The summed E-state index contributed by atoms with van der Waals surface area (Å²) in [7, 11) is 1.64. The van der Waals surface area contributed by atoms with Crippen molar-refractivity contribution in [1.29, 1.82) is 0 Å². The highest BCUT2D eigenvalue weighted by Crippen LogP contribution is 2.37. The number of rotatable bonds is 5. The first kappa shape index (κ1) is 13.3. The van der Waals surface area contributed by atoms with Crippen LogP contribution < -0.4 is 0 Å². The fraction of sp³-hybridized carbons (Fsp3) is 0.500. The number of hydrogen-bond donors (Lipinski definition) is 0. The first-order valence-electron chi connectivity index (χ1n) is 7.23. The number of para-hydroxylation sites is 1. The minimum Gasteiger partial charge on any atom is -0.370 e. The largest absolute Gasteiger partial charge is 0.370 e. The Labute approximate surface area is 118 Å². The maximum absolute atomic E-state index is 12.5. The molecule has 106 valence electrons. The summed E-state index contributed by atoms with van der Waals surface area (Å²) < 4.78 is 7.43. The number of Topliss-reactive ketones (excluding diaryl/α,β-unsaturated/α-hetero) is 1. The lowest BCUT2D eigenvalue weighted by Crippen LogP contribution is -2.47. The number of carbonyl (C=O) groups is 1. The zero-order valence-electron chi connectivity index (χ0n) is 12.1. The van der Waals surface area contributed by atoms with E-state index in [0.29, 0.717) is 6.42 Å². The number of nitrogens with zero attached hydrogens (tertiary/aromatic N) is 2. The van der Waals surface area contributed by atoms with E-state index in [1.807, 2.05) is 22.9 Å². The molecule has 1 heterocycles. The quantitative estimate of drug-likeness (QED) is 0.840. The third-order valence-corrected chi connectivity index (χ3v) is 4.42. The highest BCUT2D eigenvalue weighted by Gasteiger charge is 2.44. The van der Waals surface area contributed by atoms with E-state index < -0.39 is 5.60 Å². The summed E-state index contributed by atoms with van der Waals surface area (Å²) in [4.78, 5) is 12.5. The molecule has 1 saturated carbocycles. The van der Waals surface area contributed by atoms with Crippen molar-refractivity contribution in [2.75, 3.05) is 7.11 Å². The monoisotopic (exact) mass is 272 g/mol. The lowest BCUT2D eigenvalue weighted by atomic mass is 9.75. The smallest absolute Gasteiger partial charge is 0.170 e. The van der Waals surface area contributed by atoms with Crippen LogP contribution in [0.4, 0.5) is 0 Å². The van der Waals surface area contributed by atoms with Gasteiger partial charge in [0.15, 0.2) is 5.78 Å². The molecule has 4 heteroatoms. The van der Waals surface area contributed by atoms with Gasteiger partial charge in [-0.25, -0.2) is 0 Å². The normalized spacial score (nSPS) is 17.1. The molecule has 1 aliphatic rings. The van der Waals surface area contributed by atoms with Crippen molar-refractivity contribution in [2.24, 2.45) is 0 Å². The van der Waals surface area contributed by atoms with E-state index in [4.69, 9.17) is 4.74 Å². The van der Waals surface area contributed by atoms with Gasteiger partial charge in [-0.1, -0.05) is 18.2 Å². The van der Waals surface area contributed by atoms with Gasteiger partial charge in [-0.05, 0) is 32.3 Å². The van der Waals surface area contributed by atoms with Gasteiger partial charge in [0.1, 0.15) is 5.60 Å². The molecular formula is C16H20N2O2. The summed E-state index contributed by atoms with van der Waals surface area (Å²) in [5.41, 5.74) is 1.42. The van der Waals surface area contributed by atoms with Crippen molar-refractivity contribution in [3.05, 3.63) is 30.0 Å². The maximum atomic E-state index is 12.5. The molecule has 0 N–H and O–H groups in total. The van der Waals surface area contributed by atoms with E-state index >= 15 is 0 Å². The standard InChI is InChI=1S/C16H20N2O2/c1-3-18-14-8-5-4-7-12(14)13(17-18)11-15(19)16(20-2)9-6-10-16/h4-5,7-8H,3,6,9-11H2,1-2H3. The van der Waals surface area contributed by atoms with E-state index in [-0.39, 0.29) is 5.78 Å². The molecule has 0 bridgehead atoms. The molecule has 0 amide bonds. The van der Waals surface area contributed by atoms with Gasteiger partial charge in [-0.15, -0.1) is 0 Å². The predicted octanol–water partition coefficient (Wildman–Crippen LogP) is 2.74. The second-order valence-electron chi connectivity index (χ2n) is 5.43. The van der Waals surface area contributed by atoms with Crippen LogP contribution in [0.3, 0.4) is 0 Å². The molecule has 3 rings (SSSR count). The fourth-order valence-electron chi connectivity index (χ4n) is 2.98. The van der Waals surface area contributed by atoms with Crippen molar-refractivity contribution >= 4 is 16.7 Å². The van der Waals surface area contributed by atoms with Gasteiger partial charge in [0.2, 0.25) is 0 Å². The fourth-order valence-corrected chi connectivity index (χ4v) is 2.98. The number of methoxy groups -OCH3 is 1. The average Bonchev–Trinajstić information content (AvgIpc) is 2.77. The van der Waals surface area contributed by atoms with Gasteiger partial charge in [-0.2, -0.15) is 5.10 Å². The Morgan fingerprint density at radius 3 is 2.75 bits per heavy atom. The molecule has 1 aromatic carbocycles. The number of benzene rings is 1. The molecule has 4 nitrogen and oxygen atoms in total. The van der Waals surface area contributed by atoms with Gasteiger partial charge >= 0.3 is 0 Å². The lowest BCUT2D eigenvalue weighted by molar-refractivity contribution is -0.151. The van der Waals surface area contributed by atoms with Crippen LogP contribution >= 0.6 is 0 Å². The summed E-state index contributed by atoms with van der Waals surface area (Å²) in [6.45, 7) is 2.87. The van der Waals surface area contributed by atoms with Gasteiger partial charge in [0, 0.05) is 19.0 Å². The molecule has 1 fully saturated rings. The molecule has 20 heavy (non-hydrogen) atoms. The van der Waals surface area contributed by atoms with Crippen LogP contribution in [0.2, 0.25) is 0 Å². The number of aryl methyl sites for hydroxylation is 1. The topological polar surface area (TPSA) is 44.1 Å². The number of hydrogen-bond acceptors (Lipinski definition) is 3. The number of fused-ring (bicyclic) bond motifs is 1. The molecule has 0 radical (unpaired) electrons. The Bertz CT molecular complexity index is 635. The van der Waals surface area contributed by atoms with E-state index in [0.717, 1.165) is 42.4 Å². The Hall–Kier alpha value is -1.68. The Kier molecular flexibility index (Phi) is 3.34. The van der Waals surface area contributed by atoms with Crippen LogP contribution in [-0.4, -0.2) is 28.3 Å². The molecule has 1 aromatic heterocycles. The number of ether oxygens (including phenoxy) is 1. The molecule has 0 spiro atoms. The van der Waals surface area contributed by atoms with Crippen LogP contribution in [0.25, 0.3) is 10.9 Å². The van der Waals surface area contributed by atoms with E-state index in [9.17, 15) is 4.79 Å². The lowest BCUT2D eigenvalue weighted by Gasteiger charge is -2.38. The van der Waals surface area contributed by atoms with Gasteiger partial charge < -0.3 is 4.74 Å².